The van der Waals surface area contributed by atoms with E-state index in [-0.39, 0.29) is 17.9 Å². The van der Waals surface area contributed by atoms with Crippen LogP contribution in [-0.4, -0.2) is 35.8 Å². The van der Waals surface area contributed by atoms with E-state index >= 15 is 0 Å². The highest BCUT2D eigenvalue weighted by atomic mass is 16.2. The average molecular weight is 302 g/mol. The van der Waals surface area contributed by atoms with Crippen LogP contribution >= 0.6 is 0 Å². The molecule has 0 aromatic heterocycles. The number of benzene rings is 1. The molecule has 0 spiro atoms. The van der Waals surface area contributed by atoms with E-state index in [4.69, 9.17) is 0 Å². The average Bonchev–Trinajstić information content (AvgIpc) is 2.53. The number of anilines is 1. The zero-order chi connectivity index (χ0) is 16.1. The Morgan fingerprint density at radius 2 is 2.05 bits per heavy atom. The SMILES string of the molecule is CCC(C)N(CCC(=O)N1CCCc2ccccc21)C(C)=O. The van der Waals surface area contributed by atoms with Crippen molar-refractivity contribution in [3.63, 3.8) is 0 Å². The number of para-hydroxylation sites is 1. The summed E-state index contributed by atoms with van der Waals surface area (Å²) in [4.78, 5) is 28.0. The molecule has 22 heavy (non-hydrogen) atoms. The van der Waals surface area contributed by atoms with Crippen LogP contribution in [-0.2, 0) is 16.0 Å². The van der Waals surface area contributed by atoms with E-state index in [1.807, 2.05) is 30.0 Å². The summed E-state index contributed by atoms with van der Waals surface area (Å²) in [5, 5.41) is 0. The third-order valence-corrected chi connectivity index (χ3v) is 4.51. The summed E-state index contributed by atoms with van der Waals surface area (Å²) >= 11 is 0. The fraction of sp³-hybridized carbons (Fsp3) is 0.556. The second-order valence-electron chi connectivity index (χ2n) is 6.00. The molecule has 0 bridgehead atoms. The van der Waals surface area contributed by atoms with Crippen LogP contribution in [0.5, 0.6) is 0 Å². The van der Waals surface area contributed by atoms with Crippen LogP contribution in [0, 0.1) is 0 Å². The molecule has 1 atom stereocenters. The monoisotopic (exact) mass is 302 g/mol. The molecule has 0 aliphatic carbocycles. The van der Waals surface area contributed by atoms with Crippen molar-refractivity contribution in [3.8, 4) is 0 Å². The van der Waals surface area contributed by atoms with Crippen molar-refractivity contribution < 1.29 is 9.59 Å². The molecule has 1 aromatic carbocycles. The van der Waals surface area contributed by atoms with Gasteiger partial charge in [-0.05, 0) is 37.8 Å². The van der Waals surface area contributed by atoms with E-state index in [0.717, 1.165) is 31.5 Å². The van der Waals surface area contributed by atoms with Crippen molar-refractivity contribution in [1.82, 2.24) is 4.90 Å². The minimum atomic E-state index is 0.0428. The summed E-state index contributed by atoms with van der Waals surface area (Å²) in [5.74, 6) is 0.155. The van der Waals surface area contributed by atoms with Crippen molar-refractivity contribution in [2.45, 2.75) is 52.5 Å². The van der Waals surface area contributed by atoms with E-state index in [2.05, 4.69) is 13.0 Å². The number of nitrogens with zero attached hydrogens (tertiary/aromatic N) is 2. The Morgan fingerprint density at radius 1 is 1.32 bits per heavy atom. The molecule has 0 N–H and O–H groups in total. The molecule has 1 aliphatic rings. The molecule has 2 rings (SSSR count). The van der Waals surface area contributed by atoms with Crippen LogP contribution in [0.2, 0.25) is 0 Å². The van der Waals surface area contributed by atoms with Crippen molar-refractivity contribution in [2.75, 3.05) is 18.0 Å². The maximum Gasteiger partial charge on any atom is 0.228 e. The molecule has 0 saturated carbocycles. The number of hydrogen-bond acceptors (Lipinski definition) is 2. The summed E-state index contributed by atoms with van der Waals surface area (Å²) in [6.45, 7) is 6.94. The minimum absolute atomic E-state index is 0.0428. The summed E-state index contributed by atoms with van der Waals surface area (Å²) in [6, 6.07) is 8.29. The minimum Gasteiger partial charge on any atom is -0.340 e. The number of fused-ring (bicyclic) bond motifs is 1. The number of amides is 2. The first-order valence-corrected chi connectivity index (χ1v) is 8.20. The normalized spacial score (nSPS) is 15.1. The lowest BCUT2D eigenvalue weighted by molar-refractivity contribution is -0.131. The van der Waals surface area contributed by atoms with Gasteiger partial charge in [-0.2, -0.15) is 0 Å². The Bertz CT molecular complexity index is 542. The molecule has 1 aliphatic heterocycles. The van der Waals surface area contributed by atoms with Crippen LogP contribution in [0.3, 0.4) is 0 Å². The van der Waals surface area contributed by atoms with Gasteiger partial charge >= 0.3 is 0 Å². The van der Waals surface area contributed by atoms with Gasteiger partial charge in [0.1, 0.15) is 0 Å². The zero-order valence-electron chi connectivity index (χ0n) is 13.8. The second-order valence-corrected chi connectivity index (χ2v) is 6.00. The topological polar surface area (TPSA) is 40.6 Å². The highest BCUT2D eigenvalue weighted by molar-refractivity contribution is 5.94. The number of rotatable bonds is 5. The van der Waals surface area contributed by atoms with Crippen molar-refractivity contribution in [3.05, 3.63) is 29.8 Å². The molecule has 4 nitrogen and oxygen atoms in total. The molecular weight excluding hydrogens is 276 g/mol. The predicted molar refractivity (Wildman–Crippen MR) is 88.9 cm³/mol. The summed E-state index contributed by atoms with van der Waals surface area (Å²) in [5.41, 5.74) is 2.28. The van der Waals surface area contributed by atoms with Crippen molar-refractivity contribution >= 4 is 17.5 Å². The first-order chi connectivity index (χ1) is 10.5. The quantitative estimate of drug-likeness (QED) is 0.839. The lowest BCUT2D eigenvalue weighted by Crippen LogP contribution is -2.41. The summed E-state index contributed by atoms with van der Waals surface area (Å²) < 4.78 is 0. The zero-order valence-corrected chi connectivity index (χ0v) is 13.8. The smallest absolute Gasteiger partial charge is 0.228 e. The van der Waals surface area contributed by atoms with Gasteiger partial charge in [0.2, 0.25) is 11.8 Å². The number of carbonyl (C=O) groups is 2. The largest absolute Gasteiger partial charge is 0.340 e. The van der Waals surface area contributed by atoms with Crippen molar-refractivity contribution in [2.24, 2.45) is 0 Å². The van der Waals surface area contributed by atoms with Crippen LogP contribution in [0.25, 0.3) is 0 Å². The summed E-state index contributed by atoms with van der Waals surface area (Å²) in [7, 11) is 0. The Hall–Kier alpha value is -1.84. The Kier molecular flexibility index (Phi) is 5.58. The van der Waals surface area contributed by atoms with Gasteiger partial charge in [0.05, 0.1) is 0 Å². The Labute approximate surface area is 133 Å². The van der Waals surface area contributed by atoms with E-state index in [9.17, 15) is 9.59 Å². The van der Waals surface area contributed by atoms with Gasteiger partial charge in [-0.25, -0.2) is 0 Å². The van der Waals surface area contributed by atoms with Crippen LogP contribution in [0.15, 0.2) is 24.3 Å². The summed E-state index contributed by atoms with van der Waals surface area (Å²) in [6.07, 6.45) is 3.33. The van der Waals surface area contributed by atoms with Gasteiger partial charge in [-0.3, -0.25) is 9.59 Å². The third-order valence-electron chi connectivity index (χ3n) is 4.51. The van der Waals surface area contributed by atoms with E-state index in [1.165, 1.54) is 5.56 Å². The lowest BCUT2D eigenvalue weighted by atomic mass is 10.0. The van der Waals surface area contributed by atoms with Crippen molar-refractivity contribution in [1.29, 1.82) is 0 Å². The van der Waals surface area contributed by atoms with Gasteiger partial charge in [0.25, 0.3) is 0 Å². The number of hydrogen-bond donors (Lipinski definition) is 0. The van der Waals surface area contributed by atoms with E-state index in [0.29, 0.717) is 13.0 Å². The third kappa shape index (κ3) is 3.67. The molecule has 2 amide bonds. The second kappa shape index (κ2) is 7.43. The molecular formula is C18H26N2O2. The molecule has 120 valence electrons. The molecule has 1 aromatic rings. The highest BCUT2D eigenvalue weighted by Crippen LogP contribution is 2.27. The van der Waals surface area contributed by atoms with Gasteiger partial charge in [-0.15, -0.1) is 0 Å². The maximum absolute atomic E-state index is 12.6. The van der Waals surface area contributed by atoms with Gasteiger partial charge in [0, 0.05) is 38.2 Å². The van der Waals surface area contributed by atoms with Crippen LogP contribution < -0.4 is 4.90 Å². The van der Waals surface area contributed by atoms with Crippen LogP contribution in [0.1, 0.15) is 45.6 Å². The van der Waals surface area contributed by atoms with E-state index in [1.54, 1.807) is 11.8 Å². The van der Waals surface area contributed by atoms with Crippen LogP contribution in [0.4, 0.5) is 5.69 Å². The molecule has 0 saturated heterocycles. The van der Waals surface area contributed by atoms with Gasteiger partial charge < -0.3 is 9.80 Å². The first kappa shape index (κ1) is 16.5. The molecule has 1 heterocycles. The molecule has 4 heteroatoms. The number of carbonyl (C=O) groups excluding carboxylic acids is 2. The van der Waals surface area contributed by atoms with Gasteiger partial charge in [-0.1, -0.05) is 25.1 Å². The predicted octanol–water partition coefficient (Wildman–Crippen LogP) is 3.00. The number of aryl methyl sites for hydroxylation is 1. The van der Waals surface area contributed by atoms with Gasteiger partial charge in [0.15, 0.2) is 0 Å². The molecule has 0 radical (unpaired) electrons. The van der Waals surface area contributed by atoms with E-state index < -0.39 is 0 Å². The molecule has 0 fully saturated rings. The maximum atomic E-state index is 12.6. The fourth-order valence-electron chi connectivity index (χ4n) is 3.05. The lowest BCUT2D eigenvalue weighted by Gasteiger charge is -2.31. The Balaban J connectivity index is 2.03. The standard InChI is InChI=1S/C18H26N2O2/c1-4-14(2)19(15(3)21)13-11-18(22)20-12-7-9-16-8-5-6-10-17(16)20/h5-6,8,10,14H,4,7,9,11-13H2,1-3H3. The highest BCUT2D eigenvalue weighted by Gasteiger charge is 2.23. The Morgan fingerprint density at radius 3 is 2.73 bits per heavy atom. The fourth-order valence-corrected chi connectivity index (χ4v) is 3.05. The first-order valence-electron chi connectivity index (χ1n) is 8.20. The molecule has 1 unspecified atom stereocenters.